The molecule has 1 rings (SSSR count). The number of alkyl halides is 1. The molecule has 1 atom stereocenters. The number of hydrogen-bond donors (Lipinski definition) is 1. The molecule has 0 radical (unpaired) electrons. The summed E-state index contributed by atoms with van der Waals surface area (Å²) in [5.74, 6) is 0.0169. The lowest BCUT2D eigenvalue weighted by molar-refractivity contribution is -0.123. The van der Waals surface area contributed by atoms with E-state index in [-0.39, 0.29) is 11.9 Å². The fraction of sp³-hybridized carbons (Fsp3) is 0.462. The molecule has 0 saturated heterocycles. The minimum absolute atomic E-state index is 0.0169. The van der Waals surface area contributed by atoms with Gasteiger partial charge in [0, 0.05) is 0 Å². The van der Waals surface area contributed by atoms with Gasteiger partial charge in [0.2, 0.25) is 5.91 Å². The van der Waals surface area contributed by atoms with Crippen molar-refractivity contribution in [3.63, 3.8) is 0 Å². The largest absolute Gasteiger partial charge is 0.348 e. The SMILES string of the molecule is CCC(NC(=O)C(C)(C)Br)c1ccccc1. The van der Waals surface area contributed by atoms with Crippen LogP contribution in [0.3, 0.4) is 0 Å². The van der Waals surface area contributed by atoms with Crippen LogP contribution in [0.15, 0.2) is 30.3 Å². The van der Waals surface area contributed by atoms with Gasteiger partial charge in [0.05, 0.1) is 10.4 Å². The zero-order valence-corrected chi connectivity index (χ0v) is 11.5. The molecule has 3 heteroatoms. The van der Waals surface area contributed by atoms with Crippen molar-refractivity contribution in [2.45, 2.75) is 37.6 Å². The number of carbonyl (C=O) groups is 1. The van der Waals surface area contributed by atoms with Crippen molar-refractivity contribution in [3.8, 4) is 0 Å². The summed E-state index contributed by atoms with van der Waals surface area (Å²) in [6.07, 6.45) is 0.888. The topological polar surface area (TPSA) is 29.1 Å². The first-order valence-corrected chi connectivity index (χ1v) is 6.29. The van der Waals surface area contributed by atoms with Gasteiger partial charge in [-0.25, -0.2) is 0 Å². The van der Waals surface area contributed by atoms with Crippen molar-refractivity contribution in [1.82, 2.24) is 5.32 Å². The lowest BCUT2D eigenvalue weighted by atomic mass is 10.0. The first kappa shape index (κ1) is 13.2. The molecule has 0 aliphatic carbocycles. The molecule has 0 bridgehead atoms. The van der Waals surface area contributed by atoms with Gasteiger partial charge in [-0.05, 0) is 25.8 Å². The number of rotatable bonds is 4. The van der Waals surface area contributed by atoms with Crippen LogP contribution in [0.25, 0.3) is 0 Å². The zero-order valence-electron chi connectivity index (χ0n) is 9.96. The Morgan fingerprint density at radius 2 is 1.94 bits per heavy atom. The third-order valence-electron chi connectivity index (χ3n) is 2.46. The summed E-state index contributed by atoms with van der Waals surface area (Å²) in [7, 11) is 0. The Labute approximate surface area is 106 Å². The maximum absolute atomic E-state index is 11.8. The highest BCUT2D eigenvalue weighted by molar-refractivity contribution is 9.10. The lowest BCUT2D eigenvalue weighted by Gasteiger charge is -2.22. The molecule has 0 spiro atoms. The van der Waals surface area contributed by atoms with Crippen molar-refractivity contribution < 1.29 is 4.79 Å². The molecule has 1 aromatic carbocycles. The summed E-state index contributed by atoms with van der Waals surface area (Å²) in [5, 5.41) is 3.04. The summed E-state index contributed by atoms with van der Waals surface area (Å²) in [4.78, 5) is 11.8. The van der Waals surface area contributed by atoms with Crippen LogP contribution in [0.1, 0.15) is 38.8 Å². The Morgan fingerprint density at radius 3 is 2.38 bits per heavy atom. The molecule has 0 saturated carbocycles. The van der Waals surface area contributed by atoms with Crippen LogP contribution in [0.2, 0.25) is 0 Å². The molecule has 1 unspecified atom stereocenters. The zero-order chi connectivity index (χ0) is 12.2. The van der Waals surface area contributed by atoms with Crippen molar-refractivity contribution in [3.05, 3.63) is 35.9 Å². The highest BCUT2D eigenvalue weighted by atomic mass is 79.9. The predicted octanol–water partition coefficient (Wildman–Crippen LogP) is 3.43. The fourth-order valence-corrected chi connectivity index (χ4v) is 1.55. The van der Waals surface area contributed by atoms with Crippen LogP contribution in [0, 0.1) is 0 Å². The number of nitrogens with one attached hydrogen (secondary N) is 1. The maximum Gasteiger partial charge on any atom is 0.236 e. The standard InChI is InChI=1S/C13H18BrNO/c1-4-11(10-8-6-5-7-9-10)15-12(16)13(2,3)14/h5-9,11H,4H2,1-3H3,(H,15,16). The van der Waals surface area contributed by atoms with Gasteiger partial charge in [0.15, 0.2) is 0 Å². The molecule has 0 aliphatic rings. The molecule has 0 fully saturated rings. The number of carbonyl (C=O) groups excluding carboxylic acids is 1. The summed E-state index contributed by atoms with van der Waals surface area (Å²) in [6, 6.07) is 10.1. The van der Waals surface area contributed by atoms with Gasteiger partial charge in [-0.1, -0.05) is 53.2 Å². The minimum Gasteiger partial charge on any atom is -0.348 e. The van der Waals surface area contributed by atoms with Crippen molar-refractivity contribution in [2.75, 3.05) is 0 Å². The molecule has 1 N–H and O–H groups in total. The van der Waals surface area contributed by atoms with Gasteiger partial charge >= 0.3 is 0 Å². The Bertz CT molecular complexity index is 343. The third kappa shape index (κ3) is 3.63. The van der Waals surface area contributed by atoms with Gasteiger partial charge in [0.25, 0.3) is 0 Å². The van der Waals surface area contributed by atoms with E-state index >= 15 is 0 Å². The second kappa shape index (κ2) is 5.48. The van der Waals surface area contributed by atoms with Crippen LogP contribution in [0.4, 0.5) is 0 Å². The molecule has 88 valence electrons. The Kier molecular flexibility index (Phi) is 4.54. The highest BCUT2D eigenvalue weighted by Crippen LogP contribution is 2.21. The van der Waals surface area contributed by atoms with Gasteiger partial charge in [-0.2, -0.15) is 0 Å². The van der Waals surface area contributed by atoms with E-state index in [4.69, 9.17) is 0 Å². The van der Waals surface area contributed by atoms with Crippen molar-refractivity contribution in [1.29, 1.82) is 0 Å². The smallest absolute Gasteiger partial charge is 0.236 e. The number of hydrogen-bond acceptors (Lipinski definition) is 1. The molecule has 1 aromatic rings. The summed E-state index contributed by atoms with van der Waals surface area (Å²) < 4.78 is -0.519. The molecule has 0 aliphatic heterocycles. The average Bonchev–Trinajstić information content (AvgIpc) is 2.25. The quantitative estimate of drug-likeness (QED) is 0.843. The Hall–Kier alpha value is -0.830. The Balaban J connectivity index is 2.75. The van der Waals surface area contributed by atoms with Gasteiger partial charge in [-0.3, -0.25) is 4.79 Å². The van der Waals surface area contributed by atoms with Crippen LogP contribution >= 0.6 is 15.9 Å². The lowest BCUT2D eigenvalue weighted by Crippen LogP contribution is -2.39. The first-order chi connectivity index (χ1) is 7.45. The molecule has 0 aromatic heterocycles. The summed E-state index contributed by atoms with van der Waals surface area (Å²) in [5.41, 5.74) is 1.15. The fourth-order valence-electron chi connectivity index (χ4n) is 1.44. The number of halogens is 1. The third-order valence-corrected chi connectivity index (χ3v) is 2.82. The Morgan fingerprint density at radius 1 is 1.38 bits per heavy atom. The minimum atomic E-state index is -0.519. The van der Waals surface area contributed by atoms with Crippen LogP contribution in [-0.4, -0.2) is 10.2 Å². The number of benzene rings is 1. The van der Waals surface area contributed by atoms with E-state index in [1.807, 2.05) is 44.2 Å². The molecule has 0 heterocycles. The molecular formula is C13H18BrNO. The molecule has 16 heavy (non-hydrogen) atoms. The average molecular weight is 284 g/mol. The molecular weight excluding hydrogens is 266 g/mol. The maximum atomic E-state index is 11.8. The number of amides is 1. The van der Waals surface area contributed by atoms with E-state index in [1.54, 1.807) is 0 Å². The summed E-state index contributed by atoms with van der Waals surface area (Å²) >= 11 is 3.36. The normalized spacial score (nSPS) is 13.2. The predicted molar refractivity (Wildman–Crippen MR) is 70.6 cm³/mol. The van der Waals surface area contributed by atoms with E-state index < -0.39 is 4.32 Å². The van der Waals surface area contributed by atoms with Gasteiger partial charge < -0.3 is 5.32 Å². The van der Waals surface area contributed by atoms with E-state index in [0.717, 1.165) is 12.0 Å². The molecule has 1 amide bonds. The summed E-state index contributed by atoms with van der Waals surface area (Å²) in [6.45, 7) is 5.76. The van der Waals surface area contributed by atoms with E-state index in [1.165, 1.54) is 0 Å². The second-order valence-electron chi connectivity index (χ2n) is 4.32. The van der Waals surface area contributed by atoms with Gasteiger partial charge in [0.1, 0.15) is 0 Å². The van der Waals surface area contributed by atoms with Crippen LogP contribution < -0.4 is 5.32 Å². The van der Waals surface area contributed by atoms with Crippen molar-refractivity contribution >= 4 is 21.8 Å². The molecule has 2 nitrogen and oxygen atoms in total. The van der Waals surface area contributed by atoms with Gasteiger partial charge in [-0.15, -0.1) is 0 Å². The highest BCUT2D eigenvalue weighted by Gasteiger charge is 2.25. The second-order valence-corrected chi connectivity index (χ2v) is 6.30. The monoisotopic (exact) mass is 283 g/mol. The van der Waals surface area contributed by atoms with E-state index in [9.17, 15) is 4.79 Å². The van der Waals surface area contributed by atoms with E-state index in [2.05, 4.69) is 28.2 Å². The van der Waals surface area contributed by atoms with Crippen LogP contribution in [0.5, 0.6) is 0 Å². The van der Waals surface area contributed by atoms with Crippen LogP contribution in [-0.2, 0) is 4.79 Å². The first-order valence-electron chi connectivity index (χ1n) is 5.50. The van der Waals surface area contributed by atoms with E-state index in [0.29, 0.717) is 0 Å². The van der Waals surface area contributed by atoms with Crippen molar-refractivity contribution in [2.24, 2.45) is 0 Å².